The van der Waals surface area contributed by atoms with Crippen LogP contribution >= 0.6 is 0 Å². The summed E-state index contributed by atoms with van der Waals surface area (Å²) in [5.41, 5.74) is -1.12. The highest BCUT2D eigenvalue weighted by atomic mass is 16.5. The lowest BCUT2D eigenvalue weighted by molar-refractivity contribution is -0.144. The lowest BCUT2D eigenvalue weighted by Crippen LogP contribution is -2.54. The summed E-state index contributed by atoms with van der Waals surface area (Å²) in [4.78, 5) is 22.8. The minimum Gasteiger partial charge on any atom is -0.480 e. The normalized spacial score (nSPS) is 18.8. The average Bonchev–Trinajstić information content (AvgIpc) is 2.94. The summed E-state index contributed by atoms with van der Waals surface area (Å²) in [7, 11) is 0. The molecule has 1 aromatic heterocycles. The van der Waals surface area contributed by atoms with E-state index in [1.807, 2.05) is 0 Å². The molecule has 1 amide bonds. The van der Waals surface area contributed by atoms with Crippen molar-refractivity contribution in [3.05, 3.63) is 18.0 Å². The van der Waals surface area contributed by atoms with Gasteiger partial charge in [0.1, 0.15) is 11.8 Å². The molecule has 0 saturated heterocycles. The highest BCUT2D eigenvalue weighted by Crippen LogP contribution is 2.39. The van der Waals surface area contributed by atoms with Gasteiger partial charge >= 0.3 is 5.97 Å². The number of carbonyl (C=O) groups is 2. The number of carboxylic acids is 1. The van der Waals surface area contributed by atoms with Crippen molar-refractivity contribution in [2.24, 2.45) is 5.92 Å². The maximum Gasteiger partial charge on any atom is 0.329 e. The van der Waals surface area contributed by atoms with Crippen LogP contribution in [0.1, 0.15) is 30.3 Å². The molecule has 6 nitrogen and oxygen atoms in total. The van der Waals surface area contributed by atoms with Crippen molar-refractivity contribution in [3.63, 3.8) is 0 Å². The molecule has 1 heterocycles. The number of nitrogens with zero attached hydrogens (tertiary/aromatic N) is 1. The third-order valence-corrected chi connectivity index (χ3v) is 2.88. The first-order valence-corrected chi connectivity index (χ1v) is 5.00. The first kappa shape index (κ1) is 10.7. The fraction of sp³-hybridized carbons (Fsp3) is 0.500. The zero-order valence-corrected chi connectivity index (χ0v) is 8.77. The molecule has 1 fully saturated rings. The van der Waals surface area contributed by atoms with Crippen LogP contribution in [0.4, 0.5) is 0 Å². The summed E-state index contributed by atoms with van der Waals surface area (Å²) in [5, 5.41) is 15.1. The van der Waals surface area contributed by atoms with Crippen molar-refractivity contribution in [2.75, 3.05) is 0 Å². The van der Waals surface area contributed by atoms with Crippen LogP contribution in [-0.2, 0) is 4.79 Å². The SMILES string of the molecule is CC(NC(=O)c1ccon1)(C(=O)O)C1CC1. The van der Waals surface area contributed by atoms with Crippen LogP contribution in [0.15, 0.2) is 16.9 Å². The molecule has 6 heteroatoms. The van der Waals surface area contributed by atoms with Gasteiger partial charge in [-0.3, -0.25) is 4.79 Å². The van der Waals surface area contributed by atoms with Gasteiger partial charge in [0.15, 0.2) is 5.69 Å². The van der Waals surface area contributed by atoms with Gasteiger partial charge in [-0.15, -0.1) is 0 Å². The number of amides is 1. The molecule has 0 radical (unpaired) electrons. The number of nitrogens with one attached hydrogen (secondary N) is 1. The van der Waals surface area contributed by atoms with Crippen molar-refractivity contribution in [1.82, 2.24) is 10.5 Å². The van der Waals surface area contributed by atoms with Gasteiger partial charge < -0.3 is 14.9 Å². The summed E-state index contributed by atoms with van der Waals surface area (Å²) < 4.78 is 4.53. The minimum absolute atomic E-state index is 0.000788. The van der Waals surface area contributed by atoms with Gasteiger partial charge in [0.25, 0.3) is 5.91 Å². The highest BCUT2D eigenvalue weighted by molar-refractivity contribution is 5.96. The number of hydrogen-bond acceptors (Lipinski definition) is 4. The zero-order chi connectivity index (χ0) is 11.8. The van der Waals surface area contributed by atoms with Gasteiger partial charge in [-0.1, -0.05) is 5.16 Å². The first-order valence-electron chi connectivity index (χ1n) is 5.00. The van der Waals surface area contributed by atoms with Crippen LogP contribution in [0.3, 0.4) is 0 Å². The van der Waals surface area contributed by atoms with E-state index in [0.29, 0.717) is 0 Å². The molecule has 0 bridgehead atoms. The molecular weight excluding hydrogens is 212 g/mol. The van der Waals surface area contributed by atoms with Gasteiger partial charge in [-0.25, -0.2) is 4.79 Å². The molecule has 1 aliphatic rings. The van der Waals surface area contributed by atoms with E-state index in [1.54, 1.807) is 0 Å². The van der Waals surface area contributed by atoms with E-state index >= 15 is 0 Å². The molecule has 2 rings (SSSR count). The Morgan fingerprint density at radius 1 is 1.62 bits per heavy atom. The van der Waals surface area contributed by atoms with E-state index in [1.165, 1.54) is 19.3 Å². The van der Waals surface area contributed by atoms with Crippen molar-refractivity contribution >= 4 is 11.9 Å². The maximum absolute atomic E-state index is 11.7. The summed E-state index contributed by atoms with van der Waals surface area (Å²) in [5.74, 6) is -1.54. The molecule has 2 N–H and O–H groups in total. The Balaban J connectivity index is 2.12. The van der Waals surface area contributed by atoms with E-state index in [0.717, 1.165) is 12.8 Å². The van der Waals surface area contributed by atoms with Gasteiger partial charge in [0.2, 0.25) is 0 Å². The lowest BCUT2D eigenvalue weighted by atomic mass is 9.96. The smallest absolute Gasteiger partial charge is 0.329 e. The summed E-state index contributed by atoms with van der Waals surface area (Å²) in [6.45, 7) is 1.52. The lowest BCUT2D eigenvalue weighted by Gasteiger charge is -2.25. The molecule has 1 aliphatic carbocycles. The molecule has 1 atom stereocenters. The average molecular weight is 224 g/mol. The number of carbonyl (C=O) groups excluding carboxylic acids is 1. The van der Waals surface area contributed by atoms with E-state index in [4.69, 9.17) is 5.11 Å². The summed E-state index contributed by atoms with van der Waals surface area (Å²) in [6, 6.07) is 1.39. The topological polar surface area (TPSA) is 92.4 Å². The number of hydrogen-bond donors (Lipinski definition) is 2. The molecule has 0 aromatic carbocycles. The Labute approximate surface area is 91.6 Å². The molecule has 1 aromatic rings. The van der Waals surface area contributed by atoms with Crippen LogP contribution in [0.25, 0.3) is 0 Å². The Kier molecular flexibility index (Phi) is 2.41. The van der Waals surface area contributed by atoms with Gasteiger partial charge in [-0.05, 0) is 25.7 Å². The second-order valence-corrected chi connectivity index (χ2v) is 4.12. The number of rotatable bonds is 4. The maximum atomic E-state index is 11.7. The van der Waals surface area contributed by atoms with E-state index in [2.05, 4.69) is 15.0 Å². The summed E-state index contributed by atoms with van der Waals surface area (Å²) >= 11 is 0. The molecule has 1 unspecified atom stereocenters. The Hall–Kier alpha value is -1.85. The number of aromatic nitrogens is 1. The zero-order valence-electron chi connectivity index (χ0n) is 8.77. The molecule has 16 heavy (non-hydrogen) atoms. The molecule has 1 saturated carbocycles. The Morgan fingerprint density at radius 2 is 2.31 bits per heavy atom. The Bertz CT molecular complexity index is 410. The number of carboxylic acid groups (broad SMARTS) is 1. The van der Waals surface area contributed by atoms with Crippen LogP contribution < -0.4 is 5.32 Å². The van der Waals surface area contributed by atoms with Crippen molar-refractivity contribution in [2.45, 2.75) is 25.3 Å². The fourth-order valence-electron chi connectivity index (χ4n) is 1.62. The highest BCUT2D eigenvalue weighted by Gasteiger charge is 2.48. The second kappa shape index (κ2) is 3.62. The second-order valence-electron chi connectivity index (χ2n) is 4.12. The third kappa shape index (κ3) is 1.78. The van der Waals surface area contributed by atoms with E-state index < -0.39 is 17.4 Å². The number of aliphatic carboxylic acids is 1. The van der Waals surface area contributed by atoms with E-state index in [-0.39, 0.29) is 11.6 Å². The van der Waals surface area contributed by atoms with Crippen LogP contribution in [-0.4, -0.2) is 27.7 Å². The first-order chi connectivity index (χ1) is 7.54. The van der Waals surface area contributed by atoms with Crippen molar-refractivity contribution in [3.8, 4) is 0 Å². The van der Waals surface area contributed by atoms with Crippen molar-refractivity contribution < 1.29 is 19.2 Å². The van der Waals surface area contributed by atoms with Gasteiger partial charge in [0, 0.05) is 6.07 Å². The predicted molar refractivity (Wildman–Crippen MR) is 52.7 cm³/mol. The minimum atomic E-state index is -1.21. The Morgan fingerprint density at radius 3 is 2.75 bits per heavy atom. The van der Waals surface area contributed by atoms with Crippen LogP contribution in [0.5, 0.6) is 0 Å². The standard InChI is InChI=1S/C10H12N2O4/c1-10(9(14)15,6-2-3-6)11-8(13)7-4-5-16-12-7/h4-6H,2-3H2,1H3,(H,11,13)(H,14,15). The third-order valence-electron chi connectivity index (χ3n) is 2.88. The predicted octanol–water partition coefficient (Wildman–Crippen LogP) is 0.658. The van der Waals surface area contributed by atoms with Gasteiger partial charge in [0.05, 0.1) is 0 Å². The van der Waals surface area contributed by atoms with Crippen LogP contribution in [0, 0.1) is 5.92 Å². The monoisotopic (exact) mass is 224 g/mol. The summed E-state index contributed by atoms with van der Waals surface area (Å²) in [6.07, 6.45) is 2.91. The van der Waals surface area contributed by atoms with Crippen LogP contribution in [0.2, 0.25) is 0 Å². The molecule has 86 valence electrons. The largest absolute Gasteiger partial charge is 0.480 e. The molecule has 0 aliphatic heterocycles. The van der Waals surface area contributed by atoms with Crippen molar-refractivity contribution in [1.29, 1.82) is 0 Å². The quantitative estimate of drug-likeness (QED) is 0.783. The fourth-order valence-corrected chi connectivity index (χ4v) is 1.62. The van der Waals surface area contributed by atoms with Gasteiger partial charge in [-0.2, -0.15) is 0 Å². The van der Waals surface area contributed by atoms with E-state index in [9.17, 15) is 9.59 Å². The molecular formula is C10H12N2O4. The molecule has 0 spiro atoms.